The second kappa shape index (κ2) is 8.65. The van der Waals surface area contributed by atoms with Crippen molar-refractivity contribution in [3.63, 3.8) is 0 Å². The molecule has 0 heterocycles. The van der Waals surface area contributed by atoms with Crippen molar-refractivity contribution in [1.29, 1.82) is 0 Å². The molecule has 0 aliphatic heterocycles. The Labute approximate surface area is 149 Å². The summed E-state index contributed by atoms with van der Waals surface area (Å²) in [4.78, 5) is 13.9. The van der Waals surface area contributed by atoms with Crippen LogP contribution in [0.2, 0.25) is 0 Å². The molecule has 0 aliphatic carbocycles. The quantitative estimate of drug-likeness (QED) is 0.758. The van der Waals surface area contributed by atoms with Gasteiger partial charge in [-0.3, -0.25) is 0 Å². The SMILES string of the molecule is COC(=O)C(O)C(NC(C)c1ccccc1)c1ccc(N(C)C)cc1. The number of methoxy groups -OCH3 is 1. The summed E-state index contributed by atoms with van der Waals surface area (Å²) in [6, 6.07) is 17.0. The summed E-state index contributed by atoms with van der Waals surface area (Å²) >= 11 is 0. The number of benzene rings is 2. The summed E-state index contributed by atoms with van der Waals surface area (Å²) in [5, 5.41) is 13.8. The van der Waals surface area contributed by atoms with Gasteiger partial charge in [0.05, 0.1) is 13.2 Å². The molecule has 0 aliphatic rings. The molecule has 2 aromatic carbocycles. The normalized spacial score (nSPS) is 14.4. The number of aliphatic hydroxyl groups excluding tert-OH is 1. The third kappa shape index (κ3) is 4.81. The number of hydrogen-bond donors (Lipinski definition) is 2. The van der Waals surface area contributed by atoms with Gasteiger partial charge >= 0.3 is 5.97 Å². The van der Waals surface area contributed by atoms with Gasteiger partial charge in [-0.25, -0.2) is 4.79 Å². The minimum Gasteiger partial charge on any atom is -0.467 e. The molecule has 134 valence electrons. The maximum absolute atomic E-state index is 11.9. The van der Waals surface area contributed by atoms with Crippen molar-refractivity contribution in [3.8, 4) is 0 Å². The van der Waals surface area contributed by atoms with Crippen molar-refractivity contribution < 1.29 is 14.6 Å². The average Bonchev–Trinajstić information content (AvgIpc) is 2.65. The molecule has 0 saturated carbocycles. The summed E-state index contributed by atoms with van der Waals surface area (Å²) in [5.41, 5.74) is 2.95. The van der Waals surface area contributed by atoms with Crippen LogP contribution in [0, 0.1) is 0 Å². The van der Waals surface area contributed by atoms with E-state index in [0.717, 1.165) is 16.8 Å². The summed E-state index contributed by atoms with van der Waals surface area (Å²) in [5.74, 6) is -0.658. The first-order valence-electron chi connectivity index (χ1n) is 8.28. The first-order chi connectivity index (χ1) is 11.9. The summed E-state index contributed by atoms with van der Waals surface area (Å²) in [6.07, 6.45) is -1.29. The van der Waals surface area contributed by atoms with Gasteiger partial charge in [-0.1, -0.05) is 42.5 Å². The maximum Gasteiger partial charge on any atom is 0.336 e. The molecule has 5 nitrogen and oxygen atoms in total. The topological polar surface area (TPSA) is 61.8 Å². The van der Waals surface area contributed by atoms with Crippen LogP contribution >= 0.6 is 0 Å². The maximum atomic E-state index is 11.9. The van der Waals surface area contributed by atoms with E-state index in [1.165, 1.54) is 7.11 Å². The Hall–Kier alpha value is -2.37. The summed E-state index contributed by atoms with van der Waals surface area (Å²) in [7, 11) is 5.20. The molecule has 2 rings (SSSR count). The van der Waals surface area contributed by atoms with Crippen LogP contribution in [0.5, 0.6) is 0 Å². The fraction of sp³-hybridized carbons (Fsp3) is 0.350. The van der Waals surface area contributed by atoms with Crippen molar-refractivity contribution in [2.24, 2.45) is 0 Å². The Kier molecular flexibility index (Phi) is 6.56. The van der Waals surface area contributed by atoms with E-state index in [-0.39, 0.29) is 6.04 Å². The van der Waals surface area contributed by atoms with E-state index >= 15 is 0 Å². The lowest BCUT2D eigenvalue weighted by atomic mass is 9.98. The lowest BCUT2D eigenvalue weighted by Gasteiger charge is -2.27. The zero-order chi connectivity index (χ0) is 18.4. The molecule has 0 bridgehead atoms. The number of ether oxygens (including phenoxy) is 1. The highest BCUT2D eigenvalue weighted by Gasteiger charge is 2.29. The van der Waals surface area contributed by atoms with Crippen molar-refractivity contribution in [1.82, 2.24) is 5.32 Å². The van der Waals surface area contributed by atoms with Crippen molar-refractivity contribution >= 4 is 11.7 Å². The molecule has 0 saturated heterocycles. The van der Waals surface area contributed by atoms with E-state index in [1.54, 1.807) is 0 Å². The van der Waals surface area contributed by atoms with Gasteiger partial charge in [-0.05, 0) is 30.2 Å². The number of rotatable bonds is 7. The highest BCUT2D eigenvalue weighted by atomic mass is 16.5. The van der Waals surface area contributed by atoms with E-state index in [1.807, 2.05) is 80.5 Å². The fourth-order valence-electron chi connectivity index (χ4n) is 2.71. The van der Waals surface area contributed by atoms with Crippen LogP contribution in [0.25, 0.3) is 0 Å². The molecule has 3 atom stereocenters. The number of esters is 1. The van der Waals surface area contributed by atoms with Gasteiger partial charge in [0.25, 0.3) is 0 Å². The minimum atomic E-state index is -1.29. The molecule has 0 spiro atoms. The Morgan fingerprint density at radius 1 is 1.04 bits per heavy atom. The van der Waals surface area contributed by atoms with Crippen molar-refractivity contribution in [2.75, 3.05) is 26.1 Å². The lowest BCUT2D eigenvalue weighted by molar-refractivity contribution is -0.152. The van der Waals surface area contributed by atoms with Crippen LogP contribution in [-0.4, -0.2) is 38.4 Å². The molecule has 2 aromatic rings. The Morgan fingerprint density at radius 2 is 1.64 bits per heavy atom. The number of anilines is 1. The molecule has 0 fully saturated rings. The third-order valence-corrected chi connectivity index (χ3v) is 4.26. The van der Waals surface area contributed by atoms with Gasteiger partial charge in [0, 0.05) is 25.8 Å². The predicted octanol–water partition coefficient (Wildman–Crippen LogP) is 2.68. The largest absolute Gasteiger partial charge is 0.467 e. The zero-order valence-electron chi connectivity index (χ0n) is 15.1. The third-order valence-electron chi connectivity index (χ3n) is 4.26. The second-order valence-electron chi connectivity index (χ2n) is 6.23. The fourth-order valence-corrected chi connectivity index (χ4v) is 2.71. The number of hydrogen-bond acceptors (Lipinski definition) is 5. The van der Waals surface area contributed by atoms with E-state index in [9.17, 15) is 9.90 Å². The monoisotopic (exact) mass is 342 g/mol. The molecular weight excluding hydrogens is 316 g/mol. The van der Waals surface area contributed by atoms with Gasteiger partial charge in [-0.2, -0.15) is 0 Å². The first-order valence-corrected chi connectivity index (χ1v) is 8.28. The van der Waals surface area contributed by atoms with Crippen LogP contribution in [0.3, 0.4) is 0 Å². The van der Waals surface area contributed by atoms with Gasteiger partial charge in [-0.15, -0.1) is 0 Å². The average molecular weight is 342 g/mol. The lowest BCUT2D eigenvalue weighted by Crippen LogP contribution is -2.39. The van der Waals surface area contributed by atoms with Gasteiger partial charge in [0.15, 0.2) is 6.10 Å². The molecule has 0 aromatic heterocycles. The van der Waals surface area contributed by atoms with Crippen LogP contribution in [-0.2, 0) is 9.53 Å². The molecular formula is C20H26N2O3. The number of aliphatic hydroxyl groups is 1. The van der Waals surface area contributed by atoms with Crippen molar-refractivity contribution in [3.05, 3.63) is 65.7 Å². The highest BCUT2D eigenvalue weighted by Crippen LogP contribution is 2.25. The molecule has 0 radical (unpaired) electrons. The number of carbonyl (C=O) groups is 1. The smallest absolute Gasteiger partial charge is 0.336 e. The predicted molar refractivity (Wildman–Crippen MR) is 99.5 cm³/mol. The van der Waals surface area contributed by atoms with Crippen LogP contribution in [0.4, 0.5) is 5.69 Å². The molecule has 2 N–H and O–H groups in total. The second-order valence-corrected chi connectivity index (χ2v) is 6.23. The highest BCUT2D eigenvalue weighted by molar-refractivity contribution is 5.75. The number of nitrogens with one attached hydrogen (secondary N) is 1. The summed E-state index contributed by atoms with van der Waals surface area (Å²) < 4.78 is 4.73. The Bertz CT molecular complexity index is 671. The van der Waals surface area contributed by atoms with Crippen molar-refractivity contribution in [2.45, 2.75) is 25.1 Å². The Balaban J connectivity index is 2.28. The van der Waals surface area contributed by atoms with Gasteiger partial charge in [0.2, 0.25) is 0 Å². The number of nitrogens with zero attached hydrogens (tertiary/aromatic N) is 1. The van der Waals surface area contributed by atoms with Crippen LogP contribution in [0.1, 0.15) is 30.1 Å². The molecule has 0 amide bonds. The van der Waals surface area contributed by atoms with E-state index in [4.69, 9.17) is 4.74 Å². The summed E-state index contributed by atoms with van der Waals surface area (Å²) in [6.45, 7) is 2.00. The molecule has 5 heteroatoms. The Morgan fingerprint density at radius 3 is 2.16 bits per heavy atom. The number of carbonyl (C=O) groups excluding carboxylic acids is 1. The van der Waals surface area contributed by atoms with E-state index < -0.39 is 18.1 Å². The van der Waals surface area contributed by atoms with Crippen LogP contribution < -0.4 is 10.2 Å². The van der Waals surface area contributed by atoms with Crippen LogP contribution in [0.15, 0.2) is 54.6 Å². The molecule has 25 heavy (non-hydrogen) atoms. The van der Waals surface area contributed by atoms with E-state index in [0.29, 0.717) is 0 Å². The first kappa shape index (κ1) is 19.0. The van der Waals surface area contributed by atoms with Gasteiger partial charge < -0.3 is 20.1 Å². The van der Waals surface area contributed by atoms with Gasteiger partial charge in [0.1, 0.15) is 0 Å². The minimum absolute atomic E-state index is 0.0426. The zero-order valence-corrected chi connectivity index (χ0v) is 15.1. The van der Waals surface area contributed by atoms with E-state index in [2.05, 4.69) is 5.32 Å². The standard InChI is InChI=1S/C20H26N2O3/c1-14(15-8-6-5-7-9-15)21-18(19(23)20(24)25-4)16-10-12-17(13-11-16)22(2)3/h5-14,18-19,21,23H,1-4H3. The molecule has 3 unspecified atom stereocenters.